The van der Waals surface area contributed by atoms with Crippen LogP contribution in [0, 0.1) is 5.92 Å². The maximum Gasteiger partial charge on any atom is 0.170 e. The summed E-state index contributed by atoms with van der Waals surface area (Å²) < 4.78 is 11.2. The summed E-state index contributed by atoms with van der Waals surface area (Å²) in [7, 11) is 0. The Balaban J connectivity index is 1.52. The lowest BCUT2D eigenvalue weighted by atomic mass is 9.72. The van der Waals surface area contributed by atoms with E-state index < -0.39 is 5.60 Å². The minimum atomic E-state index is -0.949. The van der Waals surface area contributed by atoms with Crippen LogP contribution in [0.4, 0.5) is 0 Å². The first kappa shape index (κ1) is 17.7. The molecule has 2 saturated heterocycles. The van der Waals surface area contributed by atoms with Crippen LogP contribution in [0.1, 0.15) is 24.0 Å². The summed E-state index contributed by atoms with van der Waals surface area (Å²) in [6, 6.07) is 20.2. The van der Waals surface area contributed by atoms with Gasteiger partial charge in [-0.15, -0.1) is 0 Å². The van der Waals surface area contributed by atoms with Gasteiger partial charge in [-0.25, -0.2) is 0 Å². The standard InChI is InChI=1S/C22H27NO3/c24-22(18-7-3-1-4-8-18,19-9-5-2-6-10-19)20-11-13-23(14-12-20)17-21-25-15-16-26-21/h1-10,20-21,24H,11-17H2. The first-order chi connectivity index (χ1) is 12.8. The lowest BCUT2D eigenvalue weighted by molar-refractivity contribution is -0.0745. The molecular weight excluding hydrogens is 326 g/mol. The first-order valence-corrected chi connectivity index (χ1v) is 9.56. The zero-order chi connectivity index (χ0) is 17.8. The molecule has 138 valence electrons. The summed E-state index contributed by atoms with van der Waals surface area (Å²) in [6.07, 6.45) is 1.81. The molecule has 0 spiro atoms. The van der Waals surface area contributed by atoms with Crippen molar-refractivity contribution in [3.63, 3.8) is 0 Å². The van der Waals surface area contributed by atoms with E-state index >= 15 is 0 Å². The molecule has 0 radical (unpaired) electrons. The Labute approximate surface area is 155 Å². The summed E-state index contributed by atoms with van der Waals surface area (Å²) in [5.74, 6) is 0.189. The molecule has 2 aliphatic heterocycles. The lowest BCUT2D eigenvalue weighted by Gasteiger charge is -2.42. The van der Waals surface area contributed by atoms with Gasteiger partial charge in [-0.3, -0.25) is 4.90 Å². The number of rotatable bonds is 5. The van der Waals surface area contributed by atoms with Crippen LogP contribution in [0.15, 0.2) is 60.7 Å². The van der Waals surface area contributed by atoms with Gasteiger partial charge in [-0.2, -0.15) is 0 Å². The number of likely N-dealkylation sites (tertiary alicyclic amines) is 1. The maximum atomic E-state index is 11.9. The molecular formula is C22H27NO3. The molecule has 0 unspecified atom stereocenters. The molecule has 0 saturated carbocycles. The predicted octanol–water partition coefficient (Wildman–Crippen LogP) is 3.01. The lowest BCUT2D eigenvalue weighted by Crippen LogP contribution is -2.46. The number of benzene rings is 2. The average Bonchev–Trinajstić information content (AvgIpc) is 3.22. The summed E-state index contributed by atoms with van der Waals surface area (Å²) in [4.78, 5) is 2.39. The third kappa shape index (κ3) is 3.55. The smallest absolute Gasteiger partial charge is 0.170 e. The summed E-state index contributed by atoms with van der Waals surface area (Å²) in [5, 5.41) is 11.9. The highest BCUT2D eigenvalue weighted by Gasteiger charge is 2.41. The summed E-state index contributed by atoms with van der Waals surface area (Å²) in [5.41, 5.74) is 1.01. The predicted molar refractivity (Wildman–Crippen MR) is 101 cm³/mol. The molecule has 4 heteroatoms. The molecule has 0 aromatic heterocycles. The fourth-order valence-electron chi connectivity index (χ4n) is 4.28. The van der Waals surface area contributed by atoms with Crippen molar-refractivity contribution in [1.29, 1.82) is 0 Å². The first-order valence-electron chi connectivity index (χ1n) is 9.56. The Morgan fingerprint density at radius 3 is 1.85 bits per heavy atom. The van der Waals surface area contributed by atoms with Gasteiger partial charge in [-0.05, 0) is 43.0 Å². The van der Waals surface area contributed by atoms with Crippen molar-refractivity contribution in [2.24, 2.45) is 5.92 Å². The van der Waals surface area contributed by atoms with Crippen LogP contribution in [-0.2, 0) is 15.1 Å². The van der Waals surface area contributed by atoms with Crippen LogP contribution in [0.25, 0.3) is 0 Å². The van der Waals surface area contributed by atoms with Crippen molar-refractivity contribution in [2.45, 2.75) is 24.7 Å². The number of hydrogen-bond acceptors (Lipinski definition) is 4. The number of nitrogens with zero attached hydrogens (tertiary/aromatic N) is 1. The zero-order valence-corrected chi connectivity index (χ0v) is 15.1. The van der Waals surface area contributed by atoms with E-state index in [-0.39, 0.29) is 12.2 Å². The fraction of sp³-hybridized carbons (Fsp3) is 0.455. The van der Waals surface area contributed by atoms with Gasteiger partial charge in [0.15, 0.2) is 6.29 Å². The summed E-state index contributed by atoms with van der Waals surface area (Å²) >= 11 is 0. The van der Waals surface area contributed by atoms with Crippen LogP contribution >= 0.6 is 0 Å². The molecule has 26 heavy (non-hydrogen) atoms. The molecule has 2 fully saturated rings. The minimum Gasteiger partial charge on any atom is -0.380 e. The van der Waals surface area contributed by atoms with E-state index in [0.717, 1.165) is 43.6 Å². The molecule has 2 aromatic carbocycles. The molecule has 0 bridgehead atoms. The van der Waals surface area contributed by atoms with Crippen molar-refractivity contribution < 1.29 is 14.6 Å². The number of hydrogen-bond donors (Lipinski definition) is 1. The van der Waals surface area contributed by atoms with Gasteiger partial charge < -0.3 is 14.6 Å². The van der Waals surface area contributed by atoms with E-state index in [2.05, 4.69) is 4.90 Å². The van der Waals surface area contributed by atoms with Crippen molar-refractivity contribution in [2.75, 3.05) is 32.8 Å². The van der Waals surface area contributed by atoms with E-state index in [1.807, 2.05) is 60.7 Å². The molecule has 2 heterocycles. The fourth-order valence-corrected chi connectivity index (χ4v) is 4.28. The Bertz CT molecular complexity index is 638. The molecule has 2 aliphatic rings. The third-order valence-corrected chi connectivity index (χ3v) is 5.70. The second-order valence-corrected chi connectivity index (χ2v) is 7.24. The number of piperidine rings is 1. The van der Waals surface area contributed by atoms with E-state index in [4.69, 9.17) is 9.47 Å². The molecule has 1 N–H and O–H groups in total. The SMILES string of the molecule is OC(c1ccccc1)(c1ccccc1)C1CCN(CC2OCCO2)CC1. The second-order valence-electron chi connectivity index (χ2n) is 7.24. The van der Waals surface area contributed by atoms with E-state index in [0.29, 0.717) is 13.2 Å². The van der Waals surface area contributed by atoms with Gasteiger partial charge in [0.1, 0.15) is 5.60 Å². The van der Waals surface area contributed by atoms with Crippen LogP contribution < -0.4 is 0 Å². The van der Waals surface area contributed by atoms with Gasteiger partial charge in [0, 0.05) is 6.54 Å². The molecule has 0 amide bonds. The van der Waals surface area contributed by atoms with Crippen molar-refractivity contribution in [1.82, 2.24) is 4.90 Å². The van der Waals surface area contributed by atoms with Crippen LogP contribution in [0.5, 0.6) is 0 Å². The van der Waals surface area contributed by atoms with Gasteiger partial charge in [-0.1, -0.05) is 60.7 Å². The third-order valence-electron chi connectivity index (χ3n) is 5.70. The Morgan fingerprint density at radius 2 is 1.35 bits per heavy atom. The molecule has 4 nitrogen and oxygen atoms in total. The number of aliphatic hydroxyl groups is 1. The normalized spacial score (nSPS) is 20.5. The van der Waals surface area contributed by atoms with Gasteiger partial charge in [0.05, 0.1) is 13.2 Å². The van der Waals surface area contributed by atoms with Gasteiger partial charge >= 0.3 is 0 Å². The monoisotopic (exact) mass is 353 g/mol. The van der Waals surface area contributed by atoms with Crippen molar-refractivity contribution >= 4 is 0 Å². The molecule has 0 atom stereocenters. The van der Waals surface area contributed by atoms with E-state index in [9.17, 15) is 5.11 Å². The topological polar surface area (TPSA) is 41.9 Å². The van der Waals surface area contributed by atoms with Crippen molar-refractivity contribution in [3.8, 4) is 0 Å². The van der Waals surface area contributed by atoms with Crippen LogP contribution in [-0.4, -0.2) is 49.1 Å². The summed E-state index contributed by atoms with van der Waals surface area (Å²) in [6.45, 7) is 4.12. The molecule has 4 rings (SSSR count). The maximum absolute atomic E-state index is 11.9. The van der Waals surface area contributed by atoms with Crippen LogP contribution in [0.2, 0.25) is 0 Å². The highest BCUT2D eigenvalue weighted by molar-refractivity contribution is 5.37. The molecule has 2 aromatic rings. The van der Waals surface area contributed by atoms with Crippen LogP contribution in [0.3, 0.4) is 0 Å². The Morgan fingerprint density at radius 1 is 0.846 bits per heavy atom. The highest BCUT2D eigenvalue weighted by Crippen LogP contribution is 2.41. The van der Waals surface area contributed by atoms with E-state index in [1.54, 1.807) is 0 Å². The zero-order valence-electron chi connectivity index (χ0n) is 15.1. The largest absolute Gasteiger partial charge is 0.380 e. The Kier molecular flexibility index (Phi) is 5.36. The average molecular weight is 353 g/mol. The Hall–Kier alpha value is -1.72. The van der Waals surface area contributed by atoms with Gasteiger partial charge in [0.2, 0.25) is 0 Å². The molecule has 0 aliphatic carbocycles. The van der Waals surface area contributed by atoms with Gasteiger partial charge in [0.25, 0.3) is 0 Å². The second kappa shape index (κ2) is 7.89. The van der Waals surface area contributed by atoms with E-state index in [1.165, 1.54) is 0 Å². The quantitative estimate of drug-likeness (QED) is 0.897. The number of ether oxygens (including phenoxy) is 2. The highest BCUT2D eigenvalue weighted by atomic mass is 16.7. The minimum absolute atomic E-state index is 0.0892. The van der Waals surface area contributed by atoms with Crippen molar-refractivity contribution in [3.05, 3.63) is 71.8 Å².